The molecule has 0 saturated carbocycles. The highest BCUT2D eigenvalue weighted by Crippen LogP contribution is 2.22. The molecule has 0 aliphatic heterocycles. The number of H-pyrrole nitrogens is 1. The van der Waals surface area contributed by atoms with E-state index in [9.17, 15) is 9.59 Å². The van der Waals surface area contributed by atoms with Crippen LogP contribution in [0.25, 0.3) is 16.6 Å². The Balaban J connectivity index is 1.79. The second-order valence-corrected chi connectivity index (χ2v) is 6.63. The third kappa shape index (κ3) is 3.07. The Bertz CT molecular complexity index is 1120. The van der Waals surface area contributed by atoms with Gasteiger partial charge in [-0.3, -0.25) is 14.2 Å². The molecule has 0 radical (unpaired) electrons. The number of hydrogen-bond acceptors (Lipinski definition) is 4. The second kappa shape index (κ2) is 7.01. The van der Waals surface area contributed by atoms with E-state index in [1.54, 1.807) is 29.0 Å². The SMILES string of the molecule is O=C(CSc1nc2ccccc2c(=O)n1-c1ccccc1)c1ccc[nH]1. The average Bonchev–Trinajstić information content (AvgIpc) is 3.22. The molecule has 4 aromatic rings. The van der Waals surface area contributed by atoms with E-state index in [0.717, 1.165) is 5.69 Å². The number of thioether (sulfide) groups is 1. The standard InChI is InChI=1S/C20H15N3O2S/c24-18(17-11-6-12-21-17)13-26-20-22-16-10-5-4-9-15(16)19(25)23(20)14-7-2-1-3-8-14/h1-12,21H,13H2. The van der Waals surface area contributed by atoms with Crippen LogP contribution in [0.3, 0.4) is 0 Å². The third-order valence-electron chi connectivity index (χ3n) is 3.99. The lowest BCUT2D eigenvalue weighted by Gasteiger charge is -2.12. The normalized spacial score (nSPS) is 10.9. The summed E-state index contributed by atoms with van der Waals surface area (Å²) in [4.78, 5) is 32.9. The molecule has 0 fully saturated rings. The summed E-state index contributed by atoms with van der Waals surface area (Å²) >= 11 is 1.26. The Morgan fingerprint density at radius 3 is 2.54 bits per heavy atom. The molecule has 0 amide bonds. The van der Waals surface area contributed by atoms with Crippen LogP contribution >= 0.6 is 11.8 Å². The minimum absolute atomic E-state index is 0.0398. The molecule has 0 aliphatic carbocycles. The summed E-state index contributed by atoms with van der Waals surface area (Å²) in [5.74, 6) is 0.153. The maximum Gasteiger partial charge on any atom is 0.266 e. The zero-order chi connectivity index (χ0) is 17.9. The maximum atomic E-state index is 13.0. The van der Waals surface area contributed by atoms with Gasteiger partial charge in [-0.15, -0.1) is 0 Å². The van der Waals surface area contributed by atoms with Gasteiger partial charge in [-0.25, -0.2) is 4.98 Å². The molecular formula is C20H15N3O2S. The number of rotatable bonds is 5. The molecule has 0 bridgehead atoms. The molecular weight excluding hydrogens is 346 g/mol. The molecule has 4 rings (SSSR count). The van der Waals surface area contributed by atoms with Crippen LogP contribution in [-0.2, 0) is 0 Å². The van der Waals surface area contributed by atoms with Gasteiger partial charge in [0.05, 0.1) is 28.0 Å². The molecule has 0 spiro atoms. The number of carbonyl (C=O) groups is 1. The molecule has 2 aromatic carbocycles. The van der Waals surface area contributed by atoms with Crippen molar-refractivity contribution in [2.24, 2.45) is 0 Å². The van der Waals surface area contributed by atoms with Crippen LogP contribution in [0.15, 0.2) is 82.9 Å². The number of carbonyl (C=O) groups excluding carboxylic acids is 1. The first-order chi connectivity index (χ1) is 12.7. The number of para-hydroxylation sites is 2. The number of ketones is 1. The number of fused-ring (bicyclic) bond motifs is 1. The Kier molecular flexibility index (Phi) is 4.41. The van der Waals surface area contributed by atoms with E-state index in [2.05, 4.69) is 9.97 Å². The smallest absolute Gasteiger partial charge is 0.266 e. The van der Waals surface area contributed by atoms with E-state index in [0.29, 0.717) is 21.8 Å². The molecule has 26 heavy (non-hydrogen) atoms. The monoisotopic (exact) mass is 361 g/mol. The fourth-order valence-electron chi connectivity index (χ4n) is 2.73. The third-order valence-corrected chi connectivity index (χ3v) is 4.93. The summed E-state index contributed by atoms with van der Waals surface area (Å²) in [5.41, 5.74) is 1.76. The minimum Gasteiger partial charge on any atom is -0.359 e. The van der Waals surface area contributed by atoms with Crippen molar-refractivity contribution >= 4 is 28.4 Å². The highest BCUT2D eigenvalue weighted by atomic mass is 32.2. The van der Waals surface area contributed by atoms with Gasteiger partial charge in [0.25, 0.3) is 5.56 Å². The van der Waals surface area contributed by atoms with Gasteiger partial charge in [-0.05, 0) is 36.4 Å². The predicted molar refractivity (Wildman–Crippen MR) is 103 cm³/mol. The summed E-state index contributed by atoms with van der Waals surface area (Å²) < 4.78 is 1.56. The fraction of sp³-hybridized carbons (Fsp3) is 0.0500. The topological polar surface area (TPSA) is 67.8 Å². The molecule has 5 nitrogen and oxygen atoms in total. The van der Waals surface area contributed by atoms with Crippen LogP contribution in [0.2, 0.25) is 0 Å². The molecule has 2 heterocycles. The van der Waals surface area contributed by atoms with E-state index in [4.69, 9.17) is 0 Å². The van der Waals surface area contributed by atoms with Gasteiger partial charge in [-0.1, -0.05) is 42.1 Å². The minimum atomic E-state index is -0.142. The Morgan fingerprint density at radius 2 is 1.77 bits per heavy atom. The molecule has 128 valence electrons. The Morgan fingerprint density at radius 1 is 1.00 bits per heavy atom. The summed E-state index contributed by atoms with van der Waals surface area (Å²) in [5, 5.41) is 1.05. The van der Waals surface area contributed by atoms with Gasteiger partial charge in [0, 0.05) is 6.20 Å². The molecule has 0 saturated heterocycles. The van der Waals surface area contributed by atoms with Crippen LogP contribution in [0.1, 0.15) is 10.5 Å². The number of Topliss-reactive ketones (excluding diaryl/α,β-unsaturated/α-hetero) is 1. The quantitative estimate of drug-likeness (QED) is 0.334. The fourth-order valence-corrected chi connectivity index (χ4v) is 3.62. The maximum absolute atomic E-state index is 13.0. The van der Waals surface area contributed by atoms with E-state index in [-0.39, 0.29) is 17.1 Å². The zero-order valence-electron chi connectivity index (χ0n) is 13.8. The first-order valence-corrected chi connectivity index (χ1v) is 9.09. The number of nitrogens with one attached hydrogen (secondary N) is 1. The van der Waals surface area contributed by atoms with Gasteiger partial charge >= 0.3 is 0 Å². The van der Waals surface area contributed by atoms with Crippen LogP contribution in [-0.4, -0.2) is 26.1 Å². The second-order valence-electron chi connectivity index (χ2n) is 5.68. The Hall–Kier alpha value is -3.12. The van der Waals surface area contributed by atoms with E-state index in [1.165, 1.54) is 11.8 Å². The number of aromatic nitrogens is 3. The van der Waals surface area contributed by atoms with Crippen molar-refractivity contribution in [3.8, 4) is 5.69 Å². The van der Waals surface area contributed by atoms with Crippen molar-refractivity contribution in [1.29, 1.82) is 0 Å². The van der Waals surface area contributed by atoms with Gasteiger partial charge in [-0.2, -0.15) is 0 Å². The first-order valence-electron chi connectivity index (χ1n) is 8.10. The Labute approximate surface area is 153 Å². The van der Waals surface area contributed by atoms with Crippen molar-refractivity contribution in [3.63, 3.8) is 0 Å². The van der Waals surface area contributed by atoms with Crippen LogP contribution in [0, 0.1) is 0 Å². The van der Waals surface area contributed by atoms with Crippen molar-refractivity contribution in [2.75, 3.05) is 5.75 Å². The van der Waals surface area contributed by atoms with Gasteiger partial charge in [0.15, 0.2) is 10.9 Å². The van der Waals surface area contributed by atoms with Gasteiger partial charge in [0.1, 0.15) is 0 Å². The lowest BCUT2D eigenvalue weighted by Crippen LogP contribution is -2.22. The van der Waals surface area contributed by atoms with Crippen molar-refractivity contribution in [2.45, 2.75) is 5.16 Å². The van der Waals surface area contributed by atoms with Gasteiger partial charge < -0.3 is 4.98 Å². The number of benzene rings is 2. The lowest BCUT2D eigenvalue weighted by atomic mass is 10.2. The summed E-state index contributed by atoms with van der Waals surface area (Å²) in [6.07, 6.45) is 1.71. The van der Waals surface area contributed by atoms with E-state index in [1.807, 2.05) is 48.5 Å². The average molecular weight is 361 g/mol. The molecule has 0 unspecified atom stereocenters. The summed E-state index contributed by atoms with van der Waals surface area (Å²) in [7, 11) is 0. The van der Waals surface area contributed by atoms with Crippen LogP contribution in [0.5, 0.6) is 0 Å². The predicted octanol–water partition coefficient (Wildman–Crippen LogP) is 3.69. The highest BCUT2D eigenvalue weighted by molar-refractivity contribution is 7.99. The molecule has 0 atom stereocenters. The highest BCUT2D eigenvalue weighted by Gasteiger charge is 2.15. The van der Waals surface area contributed by atoms with Crippen LogP contribution < -0.4 is 5.56 Å². The number of aromatic amines is 1. The molecule has 6 heteroatoms. The lowest BCUT2D eigenvalue weighted by molar-refractivity contribution is 0.101. The zero-order valence-corrected chi connectivity index (χ0v) is 14.6. The largest absolute Gasteiger partial charge is 0.359 e. The van der Waals surface area contributed by atoms with Crippen molar-refractivity contribution in [1.82, 2.24) is 14.5 Å². The first kappa shape index (κ1) is 16.4. The molecule has 2 aromatic heterocycles. The number of nitrogens with zero attached hydrogens (tertiary/aromatic N) is 2. The van der Waals surface area contributed by atoms with E-state index < -0.39 is 0 Å². The van der Waals surface area contributed by atoms with E-state index >= 15 is 0 Å². The molecule has 1 N–H and O–H groups in total. The van der Waals surface area contributed by atoms with Crippen molar-refractivity contribution in [3.05, 3.63) is 89.0 Å². The van der Waals surface area contributed by atoms with Gasteiger partial charge in [0.2, 0.25) is 0 Å². The number of hydrogen-bond donors (Lipinski definition) is 1. The summed E-state index contributed by atoms with van der Waals surface area (Å²) in [6.45, 7) is 0. The van der Waals surface area contributed by atoms with Crippen LogP contribution in [0.4, 0.5) is 0 Å². The summed E-state index contributed by atoms with van der Waals surface area (Å²) in [6, 6.07) is 20.1. The van der Waals surface area contributed by atoms with Crippen molar-refractivity contribution < 1.29 is 4.79 Å². The molecule has 0 aliphatic rings.